The summed E-state index contributed by atoms with van der Waals surface area (Å²) in [5, 5.41) is 14.7. The zero-order chi connectivity index (χ0) is 14.7. The molecule has 7 nitrogen and oxygen atoms in total. The van der Waals surface area contributed by atoms with Gasteiger partial charge in [0.25, 0.3) is 11.6 Å². The molecule has 0 saturated carbocycles. The van der Waals surface area contributed by atoms with Crippen molar-refractivity contribution in [1.82, 2.24) is 10.1 Å². The van der Waals surface area contributed by atoms with Crippen LogP contribution in [0.25, 0.3) is 11.5 Å². The van der Waals surface area contributed by atoms with E-state index < -0.39 is 4.92 Å². The van der Waals surface area contributed by atoms with E-state index in [0.29, 0.717) is 17.8 Å². The van der Waals surface area contributed by atoms with Gasteiger partial charge in [0, 0.05) is 30.2 Å². The first-order chi connectivity index (χ1) is 9.49. The molecule has 0 saturated heterocycles. The molecule has 20 heavy (non-hydrogen) atoms. The number of aromatic nitrogens is 2. The molecule has 1 atom stereocenters. The van der Waals surface area contributed by atoms with Gasteiger partial charge >= 0.3 is 0 Å². The van der Waals surface area contributed by atoms with Crippen LogP contribution < -0.4 is 5.73 Å². The van der Waals surface area contributed by atoms with E-state index >= 15 is 0 Å². The number of benzene rings is 1. The van der Waals surface area contributed by atoms with E-state index in [2.05, 4.69) is 10.1 Å². The summed E-state index contributed by atoms with van der Waals surface area (Å²) in [4.78, 5) is 14.6. The first kappa shape index (κ1) is 14.1. The fraction of sp³-hybridized carbons (Fsp3) is 0.385. The number of non-ortho nitro benzene ring substituents is 1. The van der Waals surface area contributed by atoms with Crippen LogP contribution in [0.15, 0.2) is 22.7 Å². The summed E-state index contributed by atoms with van der Waals surface area (Å²) in [6, 6.07) is 4.66. The average molecular weight is 276 g/mol. The monoisotopic (exact) mass is 276 g/mol. The summed E-state index contributed by atoms with van der Waals surface area (Å²) in [5.41, 5.74) is 7.14. The third kappa shape index (κ3) is 3.18. The summed E-state index contributed by atoms with van der Waals surface area (Å²) in [7, 11) is 0. The predicted molar refractivity (Wildman–Crippen MR) is 73.1 cm³/mol. The van der Waals surface area contributed by atoms with E-state index in [-0.39, 0.29) is 17.6 Å². The molecule has 1 aromatic heterocycles. The van der Waals surface area contributed by atoms with Crippen molar-refractivity contribution >= 4 is 5.69 Å². The molecule has 0 aliphatic rings. The molecule has 106 valence electrons. The fourth-order valence-electron chi connectivity index (χ4n) is 1.82. The zero-order valence-electron chi connectivity index (χ0n) is 11.4. The highest BCUT2D eigenvalue weighted by Crippen LogP contribution is 2.24. The predicted octanol–water partition coefficient (Wildman–Crippen LogP) is 2.23. The smallest absolute Gasteiger partial charge is 0.270 e. The summed E-state index contributed by atoms with van der Waals surface area (Å²) in [6.45, 7) is 3.76. The minimum absolute atomic E-state index is 0.00464. The SMILES string of the molecule is CCC(N)Cc1noc(-c2cc(C)cc([N+](=O)[O-])c2)n1. The molecule has 0 aliphatic heterocycles. The van der Waals surface area contributed by atoms with Gasteiger partial charge in [-0.2, -0.15) is 4.98 Å². The summed E-state index contributed by atoms with van der Waals surface area (Å²) >= 11 is 0. The van der Waals surface area contributed by atoms with Crippen molar-refractivity contribution in [2.45, 2.75) is 32.7 Å². The molecular weight excluding hydrogens is 260 g/mol. The lowest BCUT2D eigenvalue weighted by atomic mass is 10.1. The van der Waals surface area contributed by atoms with E-state index in [1.807, 2.05) is 6.92 Å². The maximum atomic E-state index is 10.8. The normalized spacial score (nSPS) is 12.3. The molecular formula is C13H16N4O3. The number of hydrogen-bond acceptors (Lipinski definition) is 6. The van der Waals surface area contributed by atoms with Gasteiger partial charge in [-0.3, -0.25) is 10.1 Å². The Kier molecular flexibility index (Phi) is 4.09. The maximum absolute atomic E-state index is 10.8. The van der Waals surface area contributed by atoms with E-state index in [9.17, 15) is 10.1 Å². The van der Waals surface area contributed by atoms with Crippen molar-refractivity contribution in [1.29, 1.82) is 0 Å². The third-order valence-corrected chi connectivity index (χ3v) is 2.96. The van der Waals surface area contributed by atoms with Crippen molar-refractivity contribution in [3.63, 3.8) is 0 Å². The van der Waals surface area contributed by atoms with Gasteiger partial charge in [0.2, 0.25) is 0 Å². The average Bonchev–Trinajstić information content (AvgIpc) is 2.86. The molecule has 2 aromatic rings. The molecule has 7 heteroatoms. The molecule has 1 aromatic carbocycles. The van der Waals surface area contributed by atoms with Gasteiger partial charge < -0.3 is 10.3 Å². The second-order valence-electron chi connectivity index (χ2n) is 4.70. The van der Waals surface area contributed by atoms with Crippen LogP contribution in [0.1, 0.15) is 24.7 Å². The Hall–Kier alpha value is -2.28. The third-order valence-electron chi connectivity index (χ3n) is 2.96. The fourth-order valence-corrected chi connectivity index (χ4v) is 1.82. The summed E-state index contributed by atoms with van der Waals surface area (Å²) in [5.74, 6) is 0.786. The molecule has 2 N–H and O–H groups in total. The van der Waals surface area contributed by atoms with E-state index in [1.165, 1.54) is 12.1 Å². The standard InChI is InChI=1S/C13H16N4O3/c1-3-10(14)7-12-15-13(20-16-12)9-4-8(2)5-11(6-9)17(18)19/h4-6,10H,3,7,14H2,1-2H3. The van der Waals surface area contributed by atoms with Crippen LogP contribution in [0.5, 0.6) is 0 Å². The molecule has 0 spiro atoms. The minimum atomic E-state index is -0.444. The highest BCUT2D eigenvalue weighted by atomic mass is 16.6. The van der Waals surface area contributed by atoms with Crippen LogP contribution in [0.4, 0.5) is 5.69 Å². The van der Waals surface area contributed by atoms with Crippen molar-refractivity contribution in [3.8, 4) is 11.5 Å². The Labute approximate surface area is 115 Å². The quantitative estimate of drug-likeness (QED) is 0.662. The molecule has 0 aliphatic carbocycles. The van der Waals surface area contributed by atoms with Crippen LogP contribution in [0.2, 0.25) is 0 Å². The Morgan fingerprint density at radius 3 is 2.85 bits per heavy atom. The Morgan fingerprint density at radius 2 is 2.20 bits per heavy atom. The van der Waals surface area contributed by atoms with Crippen molar-refractivity contribution < 1.29 is 9.45 Å². The molecule has 2 rings (SSSR count). The number of rotatable bonds is 5. The lowest BCUT2D eigenvalue weighted by Crippen LogP contribution is -2.21. The van der Waals surface area contributed by atoms with E-state index in [0.717, 1.165) is 12.0 Å². The second kappa shape index (κ2) is 5.79. The van der Waals surface area contributed by atoms with Crippen LogP contribution in [0.3, 0.4) is 0 Å². The van der Waals surface area contributed by atoms with E-state index in [1.54, 1.807) is 13.0 Å². The molecule has 0 bridgehead atoms. The van der Waals surface area contributed by atoms with Gasteiger partial charge in [-0.1, -0.05) is 12.1 Å². The van der Waals surface area contributed by atoms with Gasteiger partial charge in [0.15, 0.2) is 5.82 Å². The zero-order valence-corrected chi connectivity index (χ0v) is 11.4. The Bertz CT molecular complexity index is 624. The van der Waals surface area contributed by atoms with Crippen LogP contribution in [-0.2, 0) is 6.42 Å². The number of hydrogen-bond donors (Lipinski definition) is 1. The summed E-state index contributed by atoms with van der Waals surface area (Å²) < 4.78 is 5.15. The molecule has 0 fully saturated rings. The maximum Gasteiger partial charge on any atom is 0.270 e. The van der Waals surface area contributed by atoms with Gasteiger partial charge in [-0.05, 0) is 25.0 Å². The van der Waals surface area contributed by atoms with Gasteiger partial charge in [-0.15, -0.1) is 0 Å². The first-order valence-electron chi connectivity index (χ1n) is 6.34. The number of nitro groups is 1. The topological polar surface area (TPSA) is 108 Å². The number of nitro benzene ring substituents is 1. The van der Waals surface area contributed by atoms with Crippen LogP contribution >= 0.6 is 0 Å². The minimum Gasteiger partial charge on any atom is -0.334 e. The van der Waals surface area contributed by atoms with E-state index in [4.69, 9.17) is 10.3 Å². The van der Waals surface area contributed by atoms with Gasteiger partial charge in [0.05, 0.1) is 4.92 Å². The van der Waals surface area contributed by atoms with Crippen molar-refractivity contribution in [3.05, 3.63) is 39.7 Å². The molecule has 1 unspecified atom stereocenters. The molecule has 1 heterocycles. The highest BCUT2D eigenvalue weighted by Gasteiger charge is 2.15. The Balaban J connectivity index is 2.30. The van der Waals surface area contributed by atoms with Gasteiger partial charge in [-0.25, -0.2) is 0 Å². The molecule has 0 amide bonds. The van der Waals surface area contributed by atoms with Crippen molar-refractivity contribution in [2.75, 3.05) is 0 Å². The lowest BCUT2D eigenvalue weighted by Gasteiger charge is -2.02. The van der Waals surface area contributed by atoms with Gasteiger partial charge in [0.1, 0.15) is 0 Å². The number of nitrogens with zero attached hydrogens (tertiary/aromatic N) is 3. The number of aryl methyl sites for hydroxylation is 1. The lowest BCUT2D eigenvalue weighted by molar-refractivity contribution is -0.384. The summed E-state index contributed by atoms with van der Waals surface area (Å²) in [6.07, 6.45) is 1.34. The first-order valence-corrected chi connectivity index (χ1v) is 6.34. The second-order valence-corrected chi connectivity index (χ2v) is 4.70. The number of nitrogens with two attached hydrogens (primary N) is 1. The highest BCUT2D eigenvalue weighted by molar-refractivity contribution is 5.59. The largest absolute Gasteiger partial charge is 0.334 e. The van der Waals surface area contributed by atoms with Crippen LogP contribution in [0, 0.1) is 17.0 Å². The van der Waals surface area contributed by atoms with Crippen molar-refractivity contribution in [2.24, 2.45) is 5.73 Å². The molecule has 0 radical (unpaired) electrons. The Morgan fingerprint density at radius 1 is 1.45 bits per heavy atom. The van der Waals surface area contributed by atoms with Crippen LogP contribution in [-0.4, -0.2) is 21.1 Å².